The minimum absolute atomic E-state index is 0.328. The zero-order chi connectivity index (χ0) is 21.2. The molecule has 0 amide bonds. The van der Waals surface area contributed by atoms with Crippen LogP contribution in [-0.2, 0) is 12.4 Å². The van der Waals surface area contributed by atoms with Crippen molar-refractivity contribution in [2.24, 2.45) is 0 Å². The van der Waals surface area contributed by atoms with Crippen LogP contribution in [0.4, 0.5) is 0 Å². The van der Waals surface area contributed by atoms with Gasteiger partial charge in [0.2, 0.25) is 5.89 Å². The summed E-state index contributed by atoms with van der Waals surface area (Å²) in [6.45, 7) is 2.28. The fourth-order valence-electron chi connectivity index (χ4n) is 3.31. The van der Waals surface area contributed by atoms with E-state index in [2.05, 4.69) is 14.8 Å². The summed E-state index contributed by atoms with van der Waals surface area (Å²) >= 11 is 7.82. The Morgan fingerprint density at radius 1 is 1.10 bits per heavy atom. The smallest absolute Gasteiger partial charge is 0.226 e. The van der Waals surface area contributed by atoms with Gasteiger partial charge >= 0.3 is 0 Å². The maximum atomic E-state index is 6.20. The molecule has 2 aromatic carbocycles. The predicted molar refractivity (Wildman–Crippen MR) is 120 cm³/mol. The van der Waals surface area contributed by atoms with Crippen LogP contribution >= 0.6 is 23.4 Å². The van der Waals surface area contributed by atoms with Gasteiger partial charge in [-0.1, -0.05) is 53.7 Å². The molecule has 8 heteroatoms. The van der Waals surface area contributed by atoms with Gasteiger partial charge in [0.05, 0.1) is 10.7 Å². The van der Waals surface area contributed by atoms with Crippen molar-refractivity contribution >= 4 is 23.4 Å². The van der Waals surface area contributed by atoms with Crippen LogP contribution in [0.5, 0.6) is 5.75 Å². The highest BCUT2D eigenvalue weighted by molar-refractivity contribution is 7.98. The van der Waals surface area contributed by atoms with E-state index in [9.17, 15) is 0 Å². The zero-order valence-corrected chi connectivity index (χ0v) is 18.6. The molecular formula is C23H21ClN4O2S. The first-order valence-electron chi connectivity index (χ1n) is 10.1. The highest BCUT2D eigenvalue weighted by atomic mass is 35.5. The third-order valence-corrected chi connectivity index (χ3v) is 6.36. The topological polar surface area (TPSA) is 66.0 Å². The molecule has 0 aliphatic heterocycles. The second-order valence-corrected chi connectivity index (χ2v) is 8.75. The zero-order valence-electron chi connectivity index (χ0n) is 17.0. The van der Waals surface area contributed by atoms with Crippen molar-refractivity contribution in [3.63, 3.8) is 0 Å². The van der Waals surface area contributed by atoms with Crippen molar-refractivity contribution in [3.05, 3.63) is 76.9 Å². The van der Waals surface area contributed by atoms with Gasteiger partial charge in [0.25, 0.3) is 0 Å². The van der Waals surface area contributed by atoms with E-state index in [0.29, 0.717) is 35.1 Å². The second kappa shape index (κ2) is 8.77. The molecule has 4 aromatic rings. The quantitative estimate of drug-likeness (QED) is 0.301. The third kappa shape index (κ3) is 4.48. The summed E-state index contributed by atoms with van der Waals surface area (Å²) in [5.74, 6) is 3.60. The molecule has 1 aliphatic carbocycles. The van der Waals surface area contributed by atoms with Crippen LogP contribution in [-0.4, -0.2) is 19.7 Å². The molecule has 0 atom stereocenters. The number of aryl methyl sites for hydroxylation is 1. The van der Waals surface area contributed by atoms with Crippen molar-refractivity contribution in [2.45, 2.75) is 43.3 Å². The maximum Gasteiger partial charge on any atom is 0.226 e. The van der Waals surface area contributed by atoms with Gasteiger partial charge in [-0.3, -0.25) is 4.57 Å². The van der Waals surface area contributed by atoms with E-state index in [0.717, 1.165) is 40.8 Å². The van der Waals surface area contributed by atoms with Crippen LogP contribution in [0.3, 0.4) is 0 Å². The van der Waals surface area contributed by atoms with Gasteiger partial charge in [-0.25, -0.2) is 4.98 Å². The Morgan fingerprint density at radius 2 is 1.87 bits per heavy atom. The average molecular weight is 453 g/mol. The van der Waals surface area contributed by atoms with E-state index in [4.69, 9.17) is 25.7 Å². The summed E-state index contributed by atoms with van der Waals surface area (Å²) in [7, 11) is 0. The molecule has 5 rings (SSSR count). The molecule has 31 heavy (non-hydrogen) atoms. The van der Waals surface area contributed by atoms with Crippen molar-refractivity contribution in [3.8, 4) is 17.2 Å². The van der Waals surface area contributed by atoms with Crippen molar-refractivity contribution < 1.29 is 9.15 Å². The summed E-state index contributed by atoms with van der Waals surface area (Å²) < 4.78 is 14.0. The first-order chi connectivity index (χ1) is 15.2. The van der Waals surface area contributed by atoms with Crippen LogP contribution in [0, 0.1) is 6.92 Å². The average Bonchev–Trinajstić information content (AvgIpc) is 3.44. The summed E-state index contributed by atoms with van der Waals surface area (Å²) in [6.07, 6.45) is 2.26. The molecule has 6 nitrogen and oxygen atoms in total. The molecule has 1 aliphatic rings. The number of halogens is 1. The maximum absolute atomic E-state index is 6.20. The van der Waals surface area contributed by atoms with E-state index in [-0.39, 0.29) is 0 Å². The normalized spacial score (nSPS) is 13.5. The highest BCUT2D eigenvalue weighted by Gasteiger charge is 2.30. The Balaban J connectivity index is 1.30. The molecular weight excluding hydrogens is 432 g/mol. The third-order valence-electron chi connectivity index (χ3n) is 5.09. The molecule has 1 saturated carbocycles. The molecule has 1 fully saturated rings. The first-order valence-corrected chi connectivity index (χ1v) is 11.5. The molecule has 0 unspecified atom stereocenters. The van der Waals surface area contributed by atoms with E-state index in [1.165, 1.54) is 0 Å². The number of aromatic nitrogens is 4. The van der Waals surface area contributed by atoms with Crippen LogP contribution in [0.25, 0.3) is 11.5 Å². The summed E-state index contributed by atoms with van der Waals surface area (Å²) in [5.41, 5.74) is 1.89. The van der Waals surface area contributed by atoms with Gasteiger partial charge in [0.15, 0.2) is 11.0 Å². The van der Waals surface area contributed by atoms with E-state index >= 15 is 0 Å². The van der Waals surface area contributed by atoms with E-state index in [1.54, 1.807) is 11.8 Å². The number of oxazole rings is 1. The Labute approximate surface area is 189 Å². The number of rotatable bonds is 8. The molecule has 158 valence electrons. The number of hydrogen-bond donors (Lipinski definition) is 0. The monoisotopic (exact) mass is 452 g/mol. The largest absolute Gasteiger partial charge is 0.484 e. The number of benzene rings is 2. The molecule has 0 N–H and O–H groups in total. The Kier molecular flexibility index (Phi) is 5.70. The lowest BCUT2D eigenvalue weighted by Crippen LogP contribution is -2.07. The van der Waals surface area contributed by atoms with E-state index in [1.807, 2.05) is 61.5 Å². The standard InChI is InChI=1S/C23H21ClN4O2S/c1-15-19(25-22(30-15)16-7-3-2-4-8-16)14-31-23-27-26-21(28(23)17-11-12-17)13-29-20-10-6-5-9-18(20)24/h2-10,17H,11-14H2,1H3. The lowest BCUT2D eigenvalue weighted by Gasteiger charge is -2.10. The Morgan fingerprint density at radius 3 is 2.65 bits per heavy atom. The molecule has 0 spiro atoms. The number of ether oxygens (including phenoxy) is 1. The van der Waals surface area contributed by atoms with Gasteiger partial charge in [-0.2, -0.15) is 0 Å². The number of nitrogens with zero attached hydrogens (tertiary/aromatic N) is 4. The molecule has 0 radical (unpaired) electrons. The number of hydrogen-bond acceptors (Lipinski definition) is 6. The van der Waals surface area contributed by atoms with Gasteiger partial charge in [0, 0.05) is 17.4 Å². The Bertz CT molecular complexity index is 1190. The highest BCUT2D eigenvalue weighted by Crippen LogP contribution is 2.40. The number of para-hydroxylation sites is 1. The van der Waals surface area contributed by atoms with Crippen LogP contribution < -0.4 is 4.74 Å². The summed E-state index contributed by atoms with van der Waals surface area (Å²) in [4.78, 5) is 4.69. The number of thioether (sulfide) groups is 1. The van der Waals surface area contributed by atoms with Gasteiger partial charge < -0.3 is 9.15 Å². The summed E-state index contributed by atoms with van der Waals surface area (Å²) in [6, 6.07) is 17.8. The van der Waals surface area contributed by atoms with Crippen LogP contribution in [0.1, 0.15) is 36.2 Å². The van der Waals surface area contributed by atoms with Crippen LogP contribution in [0.2, 0.25) is 5.02 Å². The first kappa shape index (κ1) is 20.2. The lowest BCUT2D eigenvalue weighted by molar-refractivity contribution is 0.288. The fraction of sp³-hybridized carbons (Fsp3) is 0.261. The predicted octanol–water partition coefficient (Wildman–Crippen LogP) is 6.10. The SMILES string of the molecule is Cc1oc(-c2ccccc2)nc1CSc1nnc(COc2ccccc2Cl)n1C1CC1. The minimum atomic E-state index is 0.328. The molecule has 0 saturated heterocycles. The van der Waals surface area contributed by atoms with Crippen molar-refractivity contribution in [1.82, 2.24) is 19.7 Å². The molecule has 0 bridgehead atoms. The fourth-order valence-corrected chi connectivity index (χ4v) is 4.52. The van der Waals surface area contributed by atoms with Crippen molar-refractivity contribution in [1.29, 1.82) is 0 Å². The molecule has 2 aromatic heterocycles. The van der Waals surface area contributed by atoms with Gasteiger partial charge in [0.1, 0.15) is 18.1 Å². The van der Waals surface area contributed by atoms with Gasteiger partial charge in [-0.15, -0.1) is 10.2 Å². The lowest BCUT2D eigenvalue weighted by atomic mass is 10.2. The van der Waals surface area contributed by atoms with Crippen molar-refractivity contribution in [2.75, 3.05) is 0 Å². The second-order valence-electron chi connectivity index (χ2n) is 7.40. The van der Waals surface area contributed by atoms with E-state index < -0.39 is 0 Å². The molecule has 2 heterocycles. The van der Waals surface area contributed by atoms with Gasteiger partial charge in [-0.05, 0) is 44.0 Å². The summed E-state index contributed by atoms with van der Waals surface area (Å²) in [5, 5.41) is 10.3. The minimum Gasteiger partial charge on any atom is -0.484 e. The van der Waals surface area contributed by atoms with Crippen LogP contribution in [0.15, 0.2) is 64.2 Å². The Hall–Kier alpha value is -2.77.